The molecule has 2 aromatic heterocycles. The molecule has 0 unspecified atom stereocenters. The quantitative estimate of drug-likeness (QED) is 0.855. The zero-order valence-electron chi connectivity index (χ0n) is 10.1. The van der Waals surface area contributed by atoms with Crippen molar-refractivity contribution in [2.75, 3.05) is 11.1 Å². The Labute approximate surface area is 104 Å². The van der Waals surface area contributed by atoms with Gasteiger partial charge < -0.3 is 5.73 Å². The third-order valence-electron chi connectivity index (χ3n) is 2.17. The second kappa shape index (κ2) is 4.29. The molecular weight excluding hydrogens is 234 g/mol. The molecule has 0 aliphatic rings. The fourth-order valence-corrected chi connectivity index (χ4v) is 2.13. The molecular formula is C11H15N5S. The highest BCUT2D eigenvalue weighted by molar-refractivity contribution is 7.13. The fourth-order valence-electron chi connectivity index (χ4n) is 1.20. The van der Waals surface area contributed by atoms with E-state index in [4.69, 9.17) is 5.73 Å². The molecule has 0 saturated heterocycles. The summed E-state index contributed by atoms with van der Waals surface area (Å²) < 4.78 is 0. The van der Waals surface area contributed by atoms with E-state index in [1.807, 2.05) is 5.38 Å². The van der Waals surface area contributed by atoms with Gasteiger partial charge in [-0.05, 0) is 6.07 Å². The molecule has 2 rings (SSSR count). The van der Waals surface area contributed by atoms with Gasteiger partial charge in [0, 0.05) is 17.0 Å². The largest absolute Gasteiger partial charge is 0.384 e. The molecule has 0 aliphatic carbocycles. The van der Waals surface area contributed by atoms with E-state index in [1.54, 1.807) is 12.3 Å². The summed E-state index contributed by atoms with van der Waals surface area (Å²) in [5, 5.41) is 5.86. The molecule has 0 aromatic carbocycles. The van der Waals surface area contributed by atoms with Crippen LogP contribution in [-0.4, -0.2) is 15.0 Å². The van der Waals surface area contributed by atoms with Crippen molar-refractivity contribution >= 4 is 28.2 Å². The number of hydrogen-bond acceptors (Lipinski definition) is 6. The zero-order chi connectivity index (χ0) is 12.5. The van der Waals surface area contributed by atoms with Gasteiger partial charge in [-0.3, -0.25) is 5.32 Å². The van der Waals surface area contributed by atoms with Crippen molar-refractivity contribution in [3.05, 3.63) is 23.3 Å². The van der Waals surface area contributed by atoms with Crippen molar-refractivity contribution < 1.29 is 0 Å². The van der Waals surface area contributed by atoms with Gasteiger partial charge in [0.1, 0.15) is 5.82 Å². The molecule has 0 amide bonds. The Morgan fingerprint density at radius 2 is 2.06 bits per heavy atom. The van der Waals surface area contributed by atoms with Gasteiger partial charge in [-0.15, -0.1) is 11.3 Å². The zero-order valence-corrected chi connectivity index (χ0v) is 10.9. The third-order valence-corrected chi connectivity index (χ3v) is 2.93. The summed E-state index contributed by atoms with van der Waals surface area (Å²) in [6.07, 6.45) is 1.61. The second-order valence-electron chi connectivity index (χ2n) is 4.72. The third kappa shape index (κ3) is 2.91. The molecule has 5 nitrogen and oxygen atoms in total. The highest BCUT2D eigenvalue weighted by atomic mass is 32.1. The minimum absolute atomic E-state index is 0.0486. The Morgan fingerprint density at radius 3 is 2.65 bits per heavy atom. The number of rotatable bonds is 2. The number of nitrogen functional groups attached to an aromatic ring is 1. The van der Waals surface area contributed by atoms with Crippen molar-refractivity contribution in [1.82, 2.24) is 15.0 Å². The molecule has 0 saturated carbocycles. The Kier molecular flexibility index (Phi) is 2.97. The highest BCUT2D eigenvalue weighted by Gasteiger charge is 2.17. The fraction of sp³-hybridized carbons (Fsp3) is 0.364. The maximum absolute atomic E-state index is 5.58. The monoisotopic (exact) mass is 249 g/mol. The topological polar surface area (TPSA) is 76.7 Å². The molecule has 2 aromatic rings. The van der Waals surface area contributed by atoms with Crippen molar-refractivity contribution in [3.63, 3.8) is 0 Å². The van der Waals surface area contributed by atoms with Crippen LogP contribution in [0.4, 0.5) is 16.9 Å². The standard InChI is InChI=1S/C11H15N5S/c1-11(2,3)7-6-17-10(14-7)16-9-13-5-4-8(12)15-9/h4-6H,1-3H3,(H3,12,13,14,15,16). The van der Waals surface area contributed by atoms with E-state index in [0.717, 1.165) is 10.8 Å². The van der Waals surface area contributed by atoms with Crippen molar-refractivity contribution in [2.45, 2.75) is 26.2 Å². The van der Waals surface area contributed by atoms with Gasteiger partial charge >= 0.3 is 0 Å². The van der Waals surface area contributed by atoms with E-state index in [1.165, 1.54) is 11.3 Å². The van der Waals surface area contributed by atoms with Crippen LogP contribution in [0.1, 0.15) is 26.5 Å². The number of aromatic nitrogens is 3. The van der Waals surface area contributed by atoms with Crippen LogP contribution < -0.4 is 11.1 Å². The molecule has 90 valence electrons. The van der Waals surface area contributed by atoms with Crippen LogP contribution in [0, 0.1) is 0 Å². The lowest BCUT2D eigenvalue weighted by Gasteiger charge is -2.14. The summed E-state index contributed by atoms with van der Waals surface area (Å²) >= 11 is 1.53. The van der Waals surface area contributed by atoms with E-state index in [2.05, 4.69) is 41.0 Å². The summed E-state index contributed by atoms with van der Waals surface area (Å²) in [5.41, 5.74) is 6.68. The Morgan fingerprint density at radius 1 is 1.29 bits per heavy atom. The van der Waals surface area contributed by atoms with E-state index in [9.17, 15) is 0 Å². The summed E-state index contributed by atoms with van der Waals surface area (Å²) in [4.78, 5) is 12.6. The Balaban J connectivity index is 2.17. The summed E-state index contributed by atoms with van der Waals surface area (Å²) in [7, 11) is 0. The number of nitrogens with zero attached hydrogens (tertiary/aromatic N) is 3. The van der Waals surface area contributed by atoms with Gasteiger partial charge in [-0.1, -0.05) is 20.8 Å². The molecule has 0 spiro atoms. The predicted octanol–water partition coefficient (Wildman–Crippen LogP) is 2.56. The first kappa shape index (κ1) is 11.8. The first-order valence-electron chi connectivity index (χ1n) is 5.27. The van der Waals surface area contributed by atoms with E-state index in [-0.39, 0.29) is 5.41 Å². The lowest BCUT2D eigenvalue weighted by Crippen LogP contribution is -2.11. The molecule has 6 heteroatoms. The first-order valence-corrected chi connectivity index (χ1v) is 6.15. The normalized spacial score (nSPS) is 11.5. The number of hydrogen-bond donors (Lipinski definition) is 2. The van der Waals surface area contributed by atoms with Crippen LogP contribution in [0.2, 0.25) is 0 Å². The van der Waals surface area contributed by atoms with E-state index < -0.39 is 0 Å². The average molecular weight is 249 g/mol. The van der Waals surface area contributed by atoms with Gasteiger partial charge in [0.05, 0.1) is 5.69 Å². The lowest BCUT2D eigenvalue weighted by atomic mass is 9.93. The van der Waals surface area contributed by atoms with Crippen molar-refractivity contribution in [2.24, 2.45) is 0 Å². The molecule has 0 bridgehead atoms. The summed E-state index contributed by atoms with van der Waals surface area (Å²) in [6.45, 7) is 6.38. The molecule has 0 radical (unpaired) electrons. The van der Waals surface area contributed by atoms with Crippen LogP contribution in [0.3, 0.4) is 0 Å². The summed E-state index contributed by atoms with van der Waals surface area (Å²) in [5.74, 6) is 0.912. The van der Waals surface area contributed by atoms with E-state index in [0.29, 0.717) is 11.8 Å². The molecule has 17 heavy (non-hydrogen) atoms. The van der Waals surface area contributed by atoms with Crippen LogP contribution in [0.25, 0.3) is 0 Å². The van der Waals surface area contributed by atoms with Gasteiger partial charge in [-0.2, -0.15) is 4.98 Å². The minimum atomic E-state index is 0.0486. The molecule has 2 heterocycles. The predicted molar refractivity (Wildman–Crippen MR) is 70.5 cm³/mol. The van der Waals surface area contributed by atoms with Crippen LogP contribution in [-0.2, 0) is 5.41 Å². The first-order chi connectivity index (χ1) is 7.95. The number of nitrogens with one attached hydrogen (secondary N) is 1. The maximum Gasteiger partial charge on any atom is 0.230 e. The van der Waals surface area contributed by atoms with Crippen LogP contribution in [0.5, 0.6) is 0 Å². The van der Waals surface area contributed by atoms with Crippen LogP contribution in [0.15, 0.2) is 17.6 Å². The number of nitrogens with two attached hydrogens (primary N) is 1. The van der Waals surface area contributed by atoms with Gasteiger partial charge in [0.25, 0.3) is 0 Å². The van der Waals surface area contributed by atoms with Crippen molar-refractivity contribution in [1.29, 1.82) is 0 Å². The maximum atomic E-state index is 5.58. The second-order valence-corrected chi connectivity index (χ2v) is 5.58. The Bertz CT molecular complexity index is 515. The van der Waals surface area contributed by atoms with Crippen molar-refractivity contribution in [3.8, 4) is 0 Å². The van der Waals surface area contributed by atoms with Gasteiger partial charge in [-0.25, -0.2) is 9.97 Å². The number of anilines is 3. The SMILES string of the molecule is CC(C)(C)c1csc(Nc2nccc(N)n2)n1. The lowest BCUT2D eigenvalue weighted by molar-refractivity contribution is 0.573. The Hall–Kier alpha value is -1.69. The average Bonchev–Trinajstić information content (AvgIpc) is 2.65. The van der Waals surface area contributed by atoms with E-state index >= 15 is 0 Å². The number of thiazole rings is 1. The van der Waals surface area contributed by atoms with Crippen LogP contribution >= 0.6 is 11.3 Å². The van der Waals surface area contributed by atoms with Gasteiger partial charge in [0.15, 0.2) is 5.13 Å². The molecule has 3 N–H and O–H groups in total. The molecule has 0 fully saturated rings. The summed E-state index contributed by atoms with van der Waals surface area (Å²) in [6, 6.07) is 1.65. The minimum Gasteiger partial charge on any atom is -0.384 e. The highest BCUT2D eigenvalue weighted by Crippen LogP contribution is 2.27. The smallest absolute Gasteiger partial charge is 0.230 e. The molecule has 0 atom stereocenters. The molecule has 0 aliphatic heterocycles. The van der Waals surface area contributed by atoms with Gasteiger partial charge in [0.2, 0.25) is 5.95 Å².